The predicted octanol–water partition coefficient (Wildman–Crippen LogP) is 2.75. The fourth-order valence-electron chi connectivity index (χ4n) is 0.596. The molecule has 64 valence electrons. The van der Waals surface area contributed by atoms with Crippen LogP contribution in [0.4, 0.5) is 0 Å². The summed E-state index contributed by atoms with van der Waals surface area (Å²) >= 11 is 4.56. The highest BCUT2D eigenvalue weighted by Crippen LogP contribution is 1.98. The van der Waals surface area contributed by atoms with E-state index in [1.807, 2.05) is 8.59 Å². The van der Waals surface area contributed by atoms with Crippen molar-refractivity contribution in [3.8, 4) is 0 Å². The molecule has 0 bridgehead atoms. The second kappa shape index (κ2) is 7.78. The topological polar surface area (TPSA) is 3.24 Å². The largest absolute Gasteiger partial charge is 0.302 e. The van der Waals surface area contributed by atoms with Gasteiger partial charge in [-0.05, 0) is 43.3 Å². The molecule has 3 heteroatoms. The van der Waals surface area contributed by atoms with Crippen LogP contribution in [-0.4, -0.2) is 24.0 Å². The summed E-state index contributed by atoms with van der Waals surface area (Å²) in [5, 5.41) is 0. The van der Waals surface area contributed by atoms with Gasteiger partial charge in [0.1, 0.15) is 0 Å². The molecule has 0 spiro atoms. The smallest absolute Gasteiger partial charge is 0.00382 e. The predicted molar refractivity (Wildman–Crippen MR) is 53.6 cm³/mol. The standard InChI is InChI=1S/C7H17N.ClH2P/c1-6(2)8(5)7(3)4;1-2/h6-7H,1-5H3;2H2. The van der Waals surface area contributed by atoms with E-state index in [0.717, 1.165) is 0 Å². The summed E-state index contributed by atoms with van der Waals surface area (Å²) in [6, 6.07) is 1.35. The van der Waals surface area contributed by atoms with E-state index in [-0.39, 0.29) is 0 Å². The molecule has 0 aliphatic heterocycles. The third-order valence-corrected chi connectivity index (χ3v) is 1.63. The van der Waals surface area contributed by atoms with Crippen LogP contribution in [-0.2, 0) is 0 Å². The lowest BCUT2D eigenvalue weighted by molar-refractivity contribution is 0.222. The van der Waals surface area contributed by atoms with Gasteiger partial charge in [-0.3, -0.25) is 0 Å². The van der Waals surface area contributed by atoms with Gasteiger partial charge in [0, 0.05) is 12.1 Å². The fourth-order valence-corrected chi connectivity index (χ4v) is 0.596. The first-order valence-corrected chi connectivity index (χ1v) is 5.24. The van der Waals surface area contributed by atoms with Gasteiger partial charge >= 0.3 is 0 Å². The lowest BCUT2D eigenvalue weighted by Gasteiger charge is -2.24. The highest BCUT2D eigenvalue weighted by Gasteiger charge is 2.04. The lowest BCUT2D eigenvalue weighted by atomic mass is 10.3. The van der Waals surface area contributed by atoms with Crippen LogP contribution in [0, 0.1) is 0 Å². The molecule has 0 saturated heterocycles. The van der Waals surface area contributed by atoms with Crippen LogP contribution in [0.25, 0.3) is 0 Å². The van der Waals surface area contributed by atoms with Crippen LogP contribution in [0.15, 0.2) is 0 Å². The number of hydrogen-bond donors (Lipinski definition) is 0. The zero-order valence-corrected chi connectivity index (χ0v) is 9.47. The number of rotatable bonds is 2. The average molecular weight is 184 g/mol. The molecule has 1 unspecified atom stereocenters. The minimum absolute atomic E-state index is 0.676. The third-order valence-electron chi connectivity index (χ3n) is 1.63. The molecule has 0 aromatic rings. The van der Waals surface area contributed by atoms with Crippen molar-refractivity contribution in [3.05, 3.63) is 0 Å². The van der Waals surface area contributed by atoms with E-state index in [9.17, 15) is 0 Å². The Morgan fingerprint density at radius 2 is 1.20 bits per heavy atom. The third kappa shape index (κ3) is 6.80. The molecule has 0 amide bonds. The molecule has 0 N–H and O–H groups in total. The monoisotopic (exact) mass is 183 g/mol. The van der Waals surface area contributed by atoms with Gasteiger partial charge in [-0.15, -0.1) is 11.2 Å². The van der Waals surface area contributed by atoms with E-state index in [0.29, 0.717) is 12.1 Å². The van der Waals surface area contributed by atoms with Gasteiger partial charge in [0.05, 0.1) is 0 Å². The van der Waals surface area contributed by atoms with Gasteiger partial charge in [0.15, 0.2) is 0 Å². The van der Waals surface area contributed by atoms with Crippen molar-refractivity contribution in [1.82, 2.24) is 4.90 Å². The Labute approximate surface area is 72.1 Å². The van der Waals surface area contributed by atoms with Crippen molar-refractivity contribution in [1.29, 1.82) is 0 Å². The molecule has 0 saturated carbocycles. The van der Waals surface area contributed by atoms with Crippen molar-refractivity contribution in [2.75, 3.05) is 7.05 Å². The minimum atomic E-state index is 0.676. The fraction of sp³-hybridized carbons (Fsp3) is 1.00. The van der Waals surface area contributed by atoms with E-state index in [1.165, 1.54) is 0 Å². The van der Waals surface area contributed by atoms with Crippen molar-refractivity contribution >= 4 is 19.8 Å². The van der Waals surface area contributed by atoms with Gasteiger partial charge in [0.25, 0.3) is 0 Å². The van der Waals surface area contributed by atoms with E-state index in [2.05, 4.69) is 50.9 Å². The van der Waals surface area contributed by atoms with Gasteiger partial charge in [-0.2, -0.15) is 0 Å². The summed E-state index contributed by atoms with van der Waals surface area (Å²) in [4.78, 5) is 2.33. The molecule has 0 rings (SSSR count). The first kappa shape index (κ1) is 13.3. The highest BCUT2D eigenvalue weighted by atomic mass is 35.7. The summed E-state index contributed by atoms with van der Waals surface area (Å²) in [6.07, 6.45) is 0. The average Bonchev–Trinajstić information content (AvgIpc) is 1.90. The maximum atomic E-state index is 4.56. The van der Waals surface area contributed by atoms with Gasteiger partial charge in [-0.1, -0.05) is 0 Å². The quantitative estimate of drug-likeness (QED) is 0.595. The summed E-state index contributed by atoms with van der Waals surface area (Å²) in [5.74, 6) is 0. The minimum Gasteiger partial charge on any atom is -0.302 e. The Morgan fingerprint density at radius 1 is 1.00 bits per heavy atom. The molecule has 1 nitrogen and oxygen atoms in total. The summed E-state index contributed by atoms with van der Waals surface area (Å²) < 4.78 is 0. The van der Waals surface area contributed by atoms with Crippen LogP contribution < -0.4 is 0 Å². The molecule has 0 heterocycles. The molecule has 10 heavy (non-hydrogen) atoms. The second-order valence-electron chi connectivity index (χ2n) is 2.85. The van der Waals surface area contributed by atoms with Crippen LogP contribution in [0.5, 0.6) is 0 Å². The first-order chi connectivity index (χ1) is 4.55. The summed E-state index contributed by atoms with van der Waals surface area (Å²) in [7, 11) is 4.04. The van der Waals surface area contributed by atoms with E-state index >= 15 is 0 Å². The zero-order chi connectivity index (χ0) is 8.73. The highest BCUT2D eigenvalue weighted by molar-refractivity contribution is 7.52. The second-order valence-corrected chi connectivity index (χ2v) is 2.85. The molecular weight excluding hydrogens is 165 g/mol. The van der Waals surface area contributed by atoms with Crippen molar-refractivity contribution in [2.45, 2.75) is 39.8 Å². The molecular formula is C7H19ClNP. The van der Waals surface area contributed by atoms with Crippen LogP contribution in [0.1, 0.15) is 27.7 Å². The van der Waals surface area contributed by atoms with Crippen LogP contribution >= 0.6 is 19.8 Å². The molecule has 0 aromatic carbocycles. The maximum absolute atomic E-state index is 4.56. The molecule has 0 radical (unpaired) electrons. The van der Waals surface area contributed by atoms with Crippen molar-refractivity contribution < 1.29 is 0 Å². The number of nitrogens with zero attached hydrogens (tertiary/aromatic N) is 1. The number of hydrogen-bond acceptors (Lipinski definition) is 1. The van der Waals surface area contributed by atoms with E-state index < -0.39 is 0 Å². The Kier molecular flexibility index (Phi) is 10.3. The Morgan fingerprint density at radius 3 is 1.20 bits per heavy atom. The summed E-state index contributed by atoms with van der Waals surface area (Å²) in [6.45, 7) is 8.83. The van der Waals surface area contributed by atoms with Crippen LogP contribution in [0.3, 0.4) is 0 Å². The molecule has 0 fully saturated rings. The van der Waals surface area contributed by atoms with Crippen LogP contribution in [0.2, 0.25) is 0 Å². The number of halogens is 1. The van der Waals surface area contributed by atoms with E-state index in [4.69, 9.17) is 0 Å². The Hall–Kier alpha value is 0.680. The zero-order valence-electron chi connectivity index (χ0n) is 7.56. The molecule has 0 aliphatic rings. The van der Waals surface area contributed by atoms with Gasteiger partial charge < -0.3 is 4.90 Å². The van der Waals surface area contributed by atoms with Crippen molar-refractivity contribution in [3.63, 3.8) is 0 Å². The molecule has 0 aliphatic carbocycles. The van der Waals surface area contributed by atoms with Gasteiger partial charge in [-0.25, -0.2) is 0 Å². The Bertz CT molecular complexity index is 58.6. The lowest BCUT2D eigenvalue weighted by Crippen LogP contribution is -2.32. The van der Waals surface area contributed by atoms with E-state index in [1.54, 1.807) is 0 Å². The van der Waals surface area contributed by atoms with Gasteiger partial charge in [0.2, 0.25) is 0 Å². The first-order valence-electron chi connectivity index (χ1n) is 3.49. The van der Waals surface area contributed by atoms with Crippen molar-refractivity contribution in [2.24, 2.45) is 0 Å². The Balaban J connectivity index is 0. The maximum Gasteiger partial charge on any atom is 0.00382 e. The molecule has 1 atom stereocenters. The normalized spacial score (nSPS) is 10.2. The summed E-state index contributed by atoms with van der Waals surface area (Å²) in [5.41, 5.74) is 0. The SMILES string of the molecule is CC(C)N(C)C(C)C.PCl. The molecule has 0 aromatic heterocycles.